The fraction of sp³-hybridized carbons (Fsp3) is 0.250. The Bertz CT molecular complexity index is 980. The van der Waals surface area contributed by atoms with Gasteiger partial charge in [0.05, 0.1) is 18.9 Å². The molecule has 0 unspecified atom stereocenters. The second kappa shape index (κ2) is 11.2. The van der Waals surface area contributed by atoms with Crippen LogP contribution in [0, 0.1) is 0 Å². The van der Waals surface area contributed by atoms with Gasteiger partial charge < -0.3 is 9.47 Å². The van der Waals surface area contributed by atoms with Crippen molar-refractivity contribution in [2.75, 3.05) is 18.5 Å². The first-order chi connectivity index (χ1) is 14.7. The number of nitrogens with one attached hydrogen (secondary N) is 1. The highest BCUT2D eigenvalue weighted by Crippen LogP contribution is 2.26. The highest BCUT2D eigenvalue weighted by molar-refractivity contribution is 7.14. The van der Waals surface area contributed by atoms with Gasteiger partial charge in [0.25, 0.3) is 0 Å². The number of hydrogen-bond acceptors (Lipinski definition) is 5. The van der Waals surface area contributed by atoms with Crippen molar-refractivity contribution >= 4 is 28.5 Å². The molecule has 0 atom stereocenters. The molecule has 0 radical (unpaired) electrons. The standard InChI is InChI=1S/C24H26N2O3S/c1-3-5-16-29-22-9-7-6-8-19(22)12-15-23(27)26-24-25-21(17-30-24)18-10-13-20(14-11-18)28-4-2/h6-15,17H,3-5,16H2,1-2H3,(H,25,26,27). The second-order valence-corrected chi connectivity index (χ2v) is 7.42. The predicted molar refractivity (Wildman–Crippen MR) is 123 cm³/mol. The Balaban J connectivity index is 1.61. The lowest BCUT2D eigenvalue weighted by Crippen LogP contribution is -2.07. The van der Waals surface area contributed by atoms with E-state index < -0.39 is 0 Å². The Morgan fingerprint density at radius 2 is 1.90 bits per heavy atom. The number of ether oxygens (including phenoxy) is 2. The zero-order valence-electron chi connectivity index (χ0n) is 17.3. The molecule has 6 heteroatoms. The summed E-state index contributed by atoms with van der Waals surface area (Å²) < 4.78 is 11.3. The van der Waals surface area contributed by atoms with Crippen LogP contribution in [0.15, 0.2) is 60.0 Å². The molecule has 0 saturated carbocycles. The van der Waals surface area contributed by atoms with Crippen LogP contribution >= 0.6 is 11.3 Å². The molecular weight excluding hydrogens is 396 g/mol. The summed E-state index contributed by atoms with van der Waals surface area (Å²) in [7, 11) is 0. The smallest absolute Gasteiger partial charge is 0.250 e. The first kappa shape index (κ1) is 21.6. The number of nitrogens with zero attached hydrogens (tertiary/aromatic N) is 1. The Morgan fingerprint density at radius 3 is 2.67 bits per heavy atom. The predicted octanol–water partition coefficient (Wildman–Crippen LogP) is 6.04. The molecule has 5 nitrogen and oxygen atoms in total. The fourth-order valence-corrected chi connectivity index (χ4v) is 3.46. The van der Waals surface area contributed by atoms with Gasteiger partial charge in [0.15, 0.2) is 5.13 Å². The van der Waals surface area contributed by atoms with E-state index in [1.165, 1.54) is 17.4 Å². The third-order valence-electron chi connectivity index (χ3n) is 4.28. The molecule has 0 aliphatic carbocycles. The fourth-order valence-electron chi connectivity index (χ4n) is 2.74. The van der Waals surface area contributed by atoms with Gasteiger partial charge in [0, 0.05) is 22.6 Å². The van der Waals surface area contributed by atoms with E-state index >= 15 is 0 Å². The van der Waals surface area contributed by atoms with E-state index in [0.717, 1.165) is 41.2 Å². The third-order valence-corrected chi connectivity index (χ3v) is 5.04. The van der Waals surface area contributed by atoms with Crippen molar-refractivity contribution in [3.8, 4) is 22.8 Å². The van der Waals surface area contributed by atoms with Crippen LogP contribution in [0.3, 0.4) is 0 Å². The van der Waals surface area contributed by atoms with Crippen LogP contribution in [0.25, 0.3) is 17.3 Å². The number of amides is 1. The lowest BCUT2D eigenvalue weighted by Gasteiger charge is -2.08. The summed E-state index contributed by atoms with van der Waals surface area (Å²) in [6.45, 7) is 5.38. The van der Waals surface area contributed by atoms with Crippen LogP contribution in [0.2, 0.25) is 0 Å². The minimum atomic E-state index is -0.231. The summed E-state index contributed by atoms with van der Waals surface area (Å²) >= 11 is 1.39. The van der Waals surface area contributed by atoms with Crippen LogP contribution in [0.4, 0.5) is 5.13 Å². The topological polar surface area (TPSA) is 60.5 Å². The number of hydrogen-bond donors (Lipinski definition) is 1. The van der Waals surface area contributed by atoms with Crippen LogP contribution in [0.5, 0.6) is 11.5 Å². The van der Waals surface area contributed by atoms with E-state index in [-0.39, 0.29) is 5.91 Å². The molecule has 1 amide bonds. The summed E-state index contributed by atoms with van der Waals surface area (Å²) in [5.41, 5.74) is 2.67. The quantitative estimate of drug-likeness (QED) is 0.320. The molecule has 0 aliphatic heterocycles. The minimum absolute atomic E-state index is 0.231. The van der Waals surface area contributed by atoms with Crippen molar-refractivity contribution in [2.45, 2.75) is 26.7 Å². The Hall–Kier alpha value is -3.12. The summed E-state index contributed by atoms with van der Waals surface area (Å²) in [6, 6.07) is 15.4. The molecular formula is C24H26N2O3S. The molecule has 0 spiro atoms. The molecule has 3 rings (SSSR count). The first-order valence-electron chi connectivity index (χ1n) is 10.1. The average molecular weight is 423 g/mol. The number of thiazole rings is 1. The number of para-hydroxylation sites is 1. The molecule has 1 heterocycles. The Morgan fingerprint density at radius 1 is 1.10 bits per heavy atom. The van der Waals surface area contributed by atoms with Crippen LogP contribution in [0.1, 0.15) is 32.3 Å². The Labute approximate surface area is 181 Å². The molecule has 1 aromatic heterocycles. The van der Waals surface area contributed by atoms with Gasteiger partial charge in [-0.25, -0.2) is 4.98 Å². The second-order valence-electron chi connectivity index (χ2n) is 6.56. The largest absolute Gasteiger partial charge is 0.494 e. The minimum Gasteiger partial charge on any atom is -0.494 e. The number of carbonyl (C=O) groups is 1. The van der Waals surface area contributed by atoms with Crippen LogP contribution < -0.4 is 14.8 Å². The average Bonchev–Trinajstić information content (AvgIpc) is 3.22. The highest BCUT2D eigenvalue weighted by Gasteiger charge is 2.07. The summed E-state index contributed by atoms with van der Waals surface area (Å²) in [6.07, 6.45) is 5.34. The zero-order valence-corrected chi connectivity index (χ0v) is 18.1. The van der Waals surface area contributed by atoms with Gasteiger partial charge in [0.1, 0.15) is 11.5 Å². The molecule has 0 aliphatic rings. The van der Waals surface area contributed by atoms with E-state index in [9.17, 15) is 4.79 Å². The molecule has 1 N–H and O–H groups in total. The monoisotopic (exact) mass is 422 g/mol. The summed E-state index contributed by atoms with van der Waals surface area (Å²) in [5.74, 6) is 1.38. The number of benzene rings is 2. The third kappa shape index (κ3) is 6.19. The van der Waals surface area contributed by atoms with E-state index in [1.807, 2.05) is 60.8 Å². The maximum atomic E-state index is 12.3. The lowest BCUT2D eigenvalue weighted by molar-refractivity contribution is -0.111. The van der Waals surface area contributed by atoms with E-state index in [0.29, 0.717) is 18.3 Å². The molecule has 3 aromatic rings. The maximum absolute atomic E-state index is 12.3. The van der Waals surface area contributed by atoms with Gasteiger partial charge in [-0.15, -0.1) is 11.3 Å². The molecule has 30 heavy (non-hydrogen) atoms. The molecule has 0 saturated heterocycles. The summed E-state index contributed by atoms with van der Waals surface area (Å²) in [5, 5.41) is 5.30. The molecule has 0 fully saturated rings. The SMILES string of the molecule is CCCCOc1ccccc1C=CC(=O)Nc1nc(-c2ccc(OCC)cc2)cs1. The molecule has 0 bridgehead atoms. The summed E-state index contributed by atoms with van der Waals surface area (Å²) in [4.78, 5) is 16.8. The van der Waals surface area contributed by atoms with Crippen molar-refractivity contribution in [1.29, 1.82) is 0 Å². The number of anilines is 1. The van der Waals surface area contributed by atoms with Crippen molar-refractivity contribution < 1.29 is 14.3 Å². The molecule has 2 aromatic carbocycles. The van der Waals surface area contributed by atoms with Gasteiger partial charge in [-0.1, -0.05) is 31.5 Å². The van der Waals surface area contributed by atoms with Gasteiger partial charge >= 0.3 is 0 Å². The number of rotatable bonds is 10. The lowest BCUT2D eigenvalue weighted by atomic mass is 10.2. The molecule has 156 valence electrons. The zero-order chi connectivity index (χ0) is 21.2. The van der Waals surface area contributed by atoms with Gasteiger partial charge in [-0.05, 0) is 49.8 Å². The maximum Gasteiger partial charge on any atom is 0.250 e. The van der Waals surface area contributed by atoms with Gasteiger partial charge in [-0.3, -0.25) is 10.1 Å². The van der Waals surface area contributed by atoms with Crippen molar-refractivity contribution in [3.05, 3.63) is 65.6 Å². The van der Waals surface area contributed by atoms with Crippen LogP contribution in [-0.2, 0) is 4.79 Å². The van der Waals surface area contributed by atoms with Gasteiger partial charge in [-0.2, -0.15) is 0 Å². The van der Waals surface area contributed by atoms with E-state index in [1.54, 1.807) is 6.08 Å². The number of aromatic nitrogens is 1. The highest BCUT2D eigenvalue weighted by atomic mass is 32.1. The number of unbranched alkanes of at least 4 members (excludes halogenated alkanes) is 1. The van der Waals surface area contributed by atoms with Gasteiger partial charge in [0.2, 0.25) is 5.91 Å². The first-order valence-corrected chi connectivity index (χ1v) is 11.0. The van der Waals surface area contributed by atoms with Crippen molar-refractivity contribution in [3.63, 3.8) is 0 Å². The van der Waals surface area contributed by atoms with E-state index in [2.05, 4.69) is 17.2 Å². The van der Waals surface area contributed by atoms with E-state index in [4.69, 9.17) is 9.47 Å². The van der Waals surface area contributed by atoms with Crippen LogP contribution in [-0.4, -0.2) is 24.1 Å². The van der Waals surface area contributed by atoms with Crippen molar-refractivity contribution in [2.24, 2.45) is 0 Å². The normalized spacial score (nSPS) is 10.9. The Kier molecular flexibility index (Phi) is 8.03. The van der Waals surface area contributed by atoms with Crippen molar-refractivity contribution in [1.82, 2.24) is 4.98 Å². The number of carbonyl (C=O) groups excluding carboxylic acids is 1.